The molecule has 90 valence electrons. The first-order valence-corrected chi connectivity index (χ1v) is 5.88. The Labute approximate surface area is 98.5 Å². The SMILES string of the molecule is Cc1cccc(C)c1CC(O)(CN)C(C)C. The second-order valence-corrected chi connectivity index (χ2v) is 5.01. The molecule has 0 saturated heterocycles. The van der Waals surface area contributed by atoms with E-state index in [2.05, 4.69) is 26.0 Å². The first-order chi connectivity index (χ1) is 7.40. The summed E-state index contributed by atoms with van der Waals surface area (Å²) in [4.78, 5) is 0. The zero-order chi connectivity index (χ0) is 12.3. The summed E-state index contributed by atoms with van der Waals surface area (Å²) < 4.78 is 0. The number of nitrogens with two attached hydrogens (primary N) is 1. The lowest BCUT2D eigenvalue weighted by molar-refractivity contribution is 0.00382. The maximum Gasteiger partial charge on any atom is 0.0832 e. The second kappa shape index (κ2) is 4.98. The third kappa shape index (κ3) is 2.63. The Morgan fingerprint density at radius 3 is 2.12 bits per heavy atom. The molecule has 0 aliphatic heterocycles. The van der Waals surface area contributed by atoms with Crippen molar-refractivity contribution in [1.82, 2.24) is 0 Å². The Morgan fingerprint density at radius 2 is 1.75 bits per heavy atom. The summed E-state index contributed by atoms with van der Waals surface area (Å²) in [7, 11) is 0. The predicted molar refractivity (Wildman–Crippen MR) is 68.5 cm³/mol. The molecular weight excluding hydrogens is 198 g/mol. The molecule has 0 aliphatic rings. The summed E-state index contributed by atoms with van der Waals surface area (Å²) in [5.41, 5.74) is 8.60. The van der Waals surface area contributed by atoms with E-state index in [9.17, 15) is 5.11 Å². The van der Waals surface area contributed by atoms with Gasteiger partial charge in [0.15, 0.2) is 0 Å². The molecule has 0 heterocycles. The summed E-state index contributed by atoms with van der Waals surface area (Å²) >= 11 is 0. The molecule has 16 heavy (non-hydrogen) atoms. The third-order valence-electron chi connectivity index (χ3n) is 3.56. The van der Waals surface area contributed by atoms with Crippen molar-refractivity contribution >= 4 is 0 Å². The Bertz CT molecular complexity index is 340. The maximum absolute atomic E-state index is 10.5. The molecule has 1 aromatic rings. The molecule has 1 aromatic carbocycles. The van der Waals surface area contributed by atoms with Gasteiger partial charge in [0.05, 0.1) is 5.60 Å². The van der Waals surface area contributed by atoms with Crippen LogP contribution in [-0.4, -0.2) is 17.3 Å². The lowest BCUT2D eigenvalue weighted by Crippen LogP contribution is -2.45. The van der Waals surface area contributed by atoms with E-state index in [-0.39, 0.29) is 5.92 Å². The highest BCUT2D eigenvalue weighted by molar-refractivity contribution is 5.34. The van der Waals surface area contributed by atoms with Gasteiger partial charge in [-0.1, -0.05) is 32.0 Å². The fourth-order valence-corrected chi connectivity index (χ4v) is 1.95. The standard InChI is InChI=1S/C14H23NO/c1-10(2)14(16,9-15)8-13-11(3)6-5-7-12(13)4/h5-7,10,16H,8-9,15H2,1-4H3. The van der Waals surface area contributed by atoms with Crippen LogP contribution in [0.15, 0.2) is 18.2 Å². The van der Waals surface area contributed by atoms with Crippen molar-refractivity contribution in [2.45, 2.75) is 39.7 Å². The van der Waals surface area contributed by atoms with E-state index in [0.29, 0.717) is 13.0 Å². The summed E-state index contributed by atoms with van der Waals surface area (Å²) in [6, 6.07) is 6.21. The first kappa shape index (κ1) is 13.2. The van der Waals surface area contributed by atoms with Gasteiger partial charge in [0.1, 0.15) is 0 Å². The van der Waals surface area contributed by atoms with Crippen LogP contribution in [0.1, 0.15) is 30.5 Å². The zero-order valence-electron chi connectivity index (χ0n) is 10.7. The van der Waals surface area contributed by atoms with E-state index in [4.69, 9.17) is 5.73 Å². The lowest BCUT2D eigenvalue weighted by Gasteiger charge is -2.32. The highest BCUT2D eigenvalue weighted by Gasteiger charge is 2.30. The molecule has 0 saturated carbocycles. The summed E-state index contributed by atoms with van der Waals surface area (Å²) in [5, 5.41) is 10.5. The quantitative estimate of drug-likeness (QED) is 0.818. The molecule has 1 rings (SSSR count). The van der Waals surface area contributed by atoms with Crippen molar-refractivity contribution in [2.75, 3.05) is 6.54 Å². The Hall–Kier alpha value is -0.860. The first-order valence-electron chi connectivity index (χ1n) is 5.88. The molecule has 0 aromatic heterocycles. The molecule has 3 N–H and O–H groups in total. The van der Waals surface area contributed by atoms with Crippen molar-refractivity contribution in [3.05, 3.63) is 34.9 Å². The molecule has 0 radical (unpaired) electrons. The smallest absolute Gasteiger partial charge is 0.0832 e. The number of aliphatic hydroxyl groups is 1. The van der Waals surface area contributed by atoms with Gasteiger partial charge in [0.2, 0.25) is 0 Å². The Morgan fingerprint density at radius 1 is 1.25 bits per heavy atom. The largest absolute Gasteiger partial charge is 0.388 e. The number of hydrogen-bond acceptors (Lipinski definition) is 2. The topological polar surface area (TPSA) is 46.2 Å². The molecule has 0 spiro atoms. The zero-order valence-corrected chi connectivity index (χ0v) is 10.7. The average Bonchev–Trinajstić information content (AvgIpc) is 2.23. The molecule has 2 nitrogen and oxygen atoms in total. The van der Waals surface area contributed by atoms with E-state index in [1.54, 1.807) is 0 Å². The van der Waals surface area contributed by atoms with Gasteiger partial charge in [0, 0.05) is 13.0 Å². The molecule has 0 bridgehead atoms. The minimum Gasteiger partial charge on any atom is -0.388 e. The molecule has 1 atom stereocenters. The number of benzene rings is 1. The van der Waals surface area contributed by atoms with Gasteiger partial charge in [-0.3, -0.25) is 0 Å². The van der Waals surface area contributed by atoms with Gasteiger partial charge in [-0.15, -0.1) is 0 Å². The number of aryl methyl sites for hydroxylation is 2. The van der Waals surface area contributed by atoms with Crippen molar-refractivity contribution in [2.24, 2.45) is 11.7 Å². The van der Waals surface area contributed by atoms with Crippen LogP contribution in [0, 0.1) is 19.8 Å². The van der Waals surface area contributed by atoms with E-state index in [1.165, 1.54) is 16.7 Å². The predicted octanol–water partition coefficient (Wildman–Crippen LogP) is 2.19. The second-order valence-electron chi connectivity index (χ2n) is 5.01. The summed E-state index contributed by atoms with van der Waals surface area (Å²) in [6.07, 6.45) is 0.639. The van der Waals surface area contributed by atoms with Gasteiger partial charge in [-0.25, -0.2) is 0 Å². The number of rotatable bonds is 4. The molecular formula is C14H23NO. The van der Waals surface area contributed by atoms with Crippen molar-refractivity contribution in [3.8, 4) is 0 Å². The summed E-state index contributed by atoms with van der Waals surface area (Å²) in [5.74, 6) is 0.163. The fraction of sp³-hybridized carbons (Fsp3) is 0.571. The monoisotopic (exact) mass is 221 g/mol. The minimum absolute atomic E-state index is 0.163. The van der Waals surface area contributed by atoms with Crippen LogP contribution in [0.4, 0.5) is 0 Å². The molecule has 0 aliphatic carbocycles. The molecule has 0 amide bonds. The third-order valence-corrected chi connectivity index (χ3v) is 3.56. The van der Waals surface area contributed by atoms with Crippen molar-refractivity contribution < 1.29 is 5.11 Å². The van der Waals surface area contributed by atoms with Crippen LogP contribution >= 0.6 is 0 Å². The van der Waals surface area contributed by atoms with Crippen LogP contribution in [0.3, 0.4) is 0 Å². The normalized spacial score (nSPS) is 15.2. The van der Waals surface area contributed by atoms with E-state index >= 15 is 0 Å². The van der Waals surface area contributed by atoms with Crippen LogP contribution in [0.2, 0.25) is 0 Å². The average molecular weight is 221 g/mol. The minimum atomic E-state index is -0.795. The van der Waals surface area contributed by atoms with E-state index in [1.807, 2.05) is 19.9 Å². The van der Waals surface area contributed by atoms with Gasteiger partial charge in [-0.2, -0.15) is 0 Å². The van der Waals surface area contributed by atoms with Crippen LogP contribution in [0.5, 0.6) is 0 Å². The molecule has 1 unspecified atom stereocenters. The van der Waals surface area contributed by atoms with Gasteiger partial charge in [-0.05, 0) is 36.5 Å². The highest BCUT2D eigenvalue weighted by atomic mass is 16.3. The van der Waals surface area contributed by atoms with Crippen molar-refractivity contribution in [3.63, 3.8) is 0 Å². The molecule has 2 heteroatoms. The summed E-state index contributed by atoms with van der Waals surface area (Å²) in [6.45, 7) is 8.50. The van der Waals surface area contributed by atoms with Crippen LogP contribution in [0.25, 0.3) is 0 Å². The Kier molecular flexibility index (Phi) is 4.11. The van der Waals surface area contributed by atoms with Crippen LogP contribution in [-0.2, 0) is 6.42 Å². The van der Waals surface area contributed by atoms with Crippen LogP contribution < -0.4 is 5.73 Å². The van der Waals surface area contributed by atoms with E-state index < -0.39 is 5.60 Å². The lowest BCUT2D eigenvalue weighted by atomic mass is 9.82. The van der Waals surface area contributed by atoms with Crippen molar-refractivity contribution in [1.29, 1.82) is 0 Å². The Balaban J connectivity index is 3.03. The van der Waals surface area contributed by atoms with Gasteiger partial charge in [0.25, 0.3) is 0 Å². The fourth-order valence-electron chi connectivity index (χ4n) is 1.95. The van der Waals surface area contributed by atoms with Gasteiger partial charge < -0.3 is 10.8 Å². The molecule has 0 fully saturated rings. The maximum atomic E-state index is 10.5. The van der Waals surface area contributed by atoms with E-state index in [0.717, 1.165) is 0 Å². The number of hydrogen-bond donors (Lipinski definition) is 2. The highest BCUT2D eigenvalue weighted by Crippen LogP contribution is 2.25. The van der Waals surface area contributed by atoms with Gasteiger partial charge >= 0.3 is 0 Å².